The van der Waals surface area contributed by atoms with Crippen LogP contribution in [0.4, 0.5) is 0 Å². The first-order valence-electron chi connectivity index (χ1n) is 6.34. The molecule has 0 amide bonds. The maximum Gasteiger partial charge on any atom is 0.156 e. The number of benzene rings is 1. The minimum Gasteiger partial charge on any atom is -0.508 e. The van der Waals surface area contributed by atoms with Gasteiger partial charge in [0.1, 0.15) is 12.4 Å². The summed E-state index contributed by atoms with van der Waals surface area (Å²) in [5, 5.41) is 13.5. The van der Waals surface area contributed by atoms with Crippen molar-refractivity contribution in [3.05, 3.63) is 54.0 Å². The molecule has 1 aromatic carbocycles. The van der Waals surface area contributed by atoms with Crippen molar-refractivity contribution in [1.29, 1.82) is 0 Å². The van der Waals surface area contributed by atoms with E-state index in [1.54, 1.807) is 36.6 Å². The van der Waals surface area contributed by atoms with E-state index in [9.17, 15) is 5.11 Å². The number of phenolic OH excluding ortho intramolecular Hbond substituents is 1. The third-order valence-electron chi connectivity index (χ3n) is 2.64. The first-order valence-corrected chi connectivity index (χ1v) is 6.34. The lowest BCUT2D eigenvalue weighted by Crippen LogP contribution is -2.03. The Morgan fingerprint density at radius 3 is 2.68 bits per heavy atom. The molecule has 0 aliphatic rings. The number of rotatable bonds is 6. The van der Waals surface area contributed by atoms with Crippen molar-refractivity contribution in [2.45, 2.75) is 19.8 Å². The molecular weight excluding hydrogens is 242 g/mol. The number of oxime groups is 1. The smallest absolute Gasteiger partial charge is 0.156 e. The van der Waals surface area contributed by atoms with Crippen molar-refractivity contribution in [2.24, 2.45) is 5.16 Å². The van der Waals surface area contributed by atoms with Gasteiger partial charge in [-0.25, -0.2) is 0 Å². The van der Waals surface area contributed by atoms with Gasteiger partial charge in [0.2, 0.25) is 0 Å². The molecule has 0 unspecified atom stereocenters. The van der Waals surface area contributed by atoms with Crippen LogP contribution in [0.3, 0.4) is 0 Å². The van der Waals surface area contributed by atoms with Crippen LogP contribution in [0.5, 0.6) is 5.75 Å². The van der Waals surface area contributed by atoms with Crippen molar-refractivity contribution in [3.8, 4) is 5.75 Å². The van der Waals surface area contributed by atoms with Crippen molar-refractivity contribution in [2.75, 3.05) is 6.61 Å². The standard InChI is InChI=1S/C15H17NO3/c1-2-3-11-19-16-15(14-5-4-10-18-14)12-6-8-13(17)9-7-12/h4-10,17H,2-3,11H2,1H3. The Labute approximate surface area is 112 Å². The van der Waals surface area contributed by atoms with E-state index in [1.165, 1.54) is 0 Å². The molecule has 0 aliphatic carbocycles. The van der Waals surface area contributed by atoms with Crippen LogP contribution < -0.4 is 0 Å². The quantitative estimate of drug-likeness (QED) is 0.490. The molecule has 0 saturated carbocycles. The Bertz CT molecular complexity index is 515. The van der Waals surface area contributed by atoms with Crippen molar-refractivity contribution in [1.82, 2.24) is 0 Å². The Balaban J connectivity index is 2.22. The molecule has 0 fully saturated rings. The first-order chi connectivity index (χ1) is 9.31. The van der Waals surface area contributed by atoms with Crippen molar-refractivity contribution in [3.63, 3.8) is 0 Å². The minimum atomic E-state index is 0.217. The van der Waals surface area contributed by atoms with Crippen LogP contribution in [0.15, 0.2) is 52.2 Å². The number of nitrogens with zero attached hydrogens (tertiary/aromatic N) is 1. The van der Waals surface area contributed by atoms with E-state index in [2.05, 4.69) is 12.1 Å². The monoisotopic (exact) mass is 259 g/mol. The fourth-order valence-corrected chi connectivity index (χ4v) is 1.59. The molecule has 1 N–H and O–H groups in total. The number of furan rings is 1. The zero-order valence-corrected chi connectivity index (χ0v) is 10.9. The predicted molar refractivity (Wildman–Crippen MR) is 73.3 cm³/mol. The van der Waals surface area contributed by atoms with E-state index in [0.717, 1.165) is 18.4 Å². The Morgan fingerprint density at radius 2 is 2.05 bits per heavy atom. The second-order valence-electron chi connectivity index (χ2n) is 4.15. The molecule has 0 aliphatic heterocycles. The maximum absolute atomic E-state index is 9.32. The van der Waals surface area contributed by atoms with Crippen LogP contribution >= 0.6 is 0 Å². The molecule has 0 radical (unpaired) electrons. The molecule has 4 heteroatoms. The van der Waals surface area contributed by atoms with Gasteiger partial charge in [0, 0.05) is 5.56 Å². The van der Waals surface area contributed by atoms with Crippen molar-refractivity contribution < 1.29 is 14.4 Å². The second kappa shape index (κ2) is 6.64. The summed E-state index contributed by atoms with van der Waals surface area (Å²) in [7, 11) is 0. The van der Waals surface area contributed by atoms with Gasteiger partial charge in [-0.05, 0) is 42.8 Å². The predicted octanol–water partition coefficient (Wildman–Crippen LogP) is 3.55. The summed E-state index contributed by atoms with van der Waals surface area (Å²) in [4.78, 5) is 5.31. The molecule has 0 spiro atoms. The van der Waals surface area contributed by atoms with Crippen LogP contribution in [0.25, 0.3) is 0 Å². The normalized spacial score (nSPS) is 11.5. The van der Waals surface area contributed by atoms with E-state index >= 15 is 0 Å². The lowest BCUT2D eigenvalue weighted by Gasteiger charge is -2.04. The number of unbranched alkanes of at least 4 members (excludes halogenated alkanes) is 1. The first kappa shape index (κ1) is 13.2. The molecule has 4 nitrogen and oxygen atoms in total. The maximum atomic E-state index is 9.32. The van der Waals surface area contributed by atoms with Gasteiger partial charge in [-0.1, -0.05) is 18.5 Å². The van der Waals surface area contributed by atoms with Gasteiger partial charge in [-0.15, -0.1) is 0 Å². The van der Waals surface area contributed by atoms with Crippen LogP contribution in [0.2, 0.25) is 0 Å². The van der Waals surface area contributed by atoms with Crippen LogP contribution in [0.1, 0.15) is 31.1 Å². The molecule has 100 valence electrons. The van der Waals surface area contributed by atoms with Gasteiger partial charge in [0.05, 0.1) is 6.26 Å². The number of aromatic hydroxyl groups is 1. The summed E-state index contributed by atoms with van der Waals surface area (Å²) >= 11 is 0. The van der Waals surface area contributed by atoms with Gasteiger partial charge >= 0.3 is 0 Å². The SMILES string of the molecule is CCCCON=C(c1ccc(O)cc1)c1ccco1. The molecule has 0 saturated heterocycles. The lowest BCUT2D eigenvalue weighted by molar-refractivity contribution is 0.141. The number of hydrogen-bond acceptors (Lipinski definition) is 4. The van der Waals surface area contributed by atoms with E-state index in [1.807, 2.05) is 6.07 Å². The summed E-state index contributed by atoms with van der Waals surface area (Å²) in [6, 6.07) is 10.4. The van der Waals surface area contributed by atoms with E-state index in [4.69, 9.17) is 9.25 Å². The summed E-state index contributed by atoms with van der Waals surface area (Å²) in [6.45, 7) is 2.68. The summed E-state index contributed by atoms with van der Waals surface area (Å²) in [5.41, 5.74) is 1.46. The third-order valence-corrected chi connectivity index (χ3v) is 2.64. The van der Waals surface area contributed by atoms with Crippen molar-refractivity contribution >= 4 is 5.71 Å². The third kappa shape index (κ3) is 3.61. The Hall–Kier alpha value is -2.23. The van der Waals surface area contributed by atoms with Gasteiger partial charge in [0.25, 0.3) is 0 Å². The fourth-order valence-electron chi connectivity index (χ4n) is 1.59. The molecule has 0 bridgehead atoms. The van der Waals surface area contributed by atoms with E-state index in [-0.39, 0.29) is 5.75 Å². The van der Waals surface area contributed by atoms with Crippen LogP contribution in [-0.4, -0.2) is 17.4 Å². The zero-order chi connectivity index (χ0) is 13.5. The summed E-state index contributed by atoms with van der Waals surface area (Å²) < 4.78 is 5.36. The molecule has 1 aromatic heterocycles. The van der Waals surface area contributed by atoms with Gasteiger partial charge in [-0.3, -0.25) is 0 Å². The summed E-state index contributed by atoms with van der Waals surface area (Å²) in [5.74, 6) is 0.858. The number of hydrogen-bond donors (Lipinski definition) is 1. The molecule has 19 heavy (non-hydrogen) atoms. The fraction of sp³-hybridized carbons (Fsp3) is 0.267. The highest BCUT2D eigenvalue weighted by atomic mass is 16.6. The molecule has 2 aromatic rings. The van der Waals surface area contributed by atoms with Crippen LogP contribution in [0, 0.1) is 0 Å². The zero-order valence-electron chi connectivity index (χ0n) is 10.9. The highest BCUT2D eigenvalue weighted by Crippen LogP contribution is 2.15. The van der Waals surface area contributed by atoms with Gasteiger partial charge < -0.3 is 14.4 Å². The highest BCUT2D eigenvalue weighted by molar-refractivity contribution is 6.10. The largest absolute Gasteiger partial charge is 0.508 e. The van der Waals surface area contributed by atoms with Crippen LogP contribution in [-0.2, 0) is 4.84 Å². The average molecular weight is 259 g/mol. The van der Waals surface area contributed by atoms with E-state index in [0.29, 0.717) is 18.1 Å². The topological polar surface area (TPSA) is 55.0 Å². The Kier molecular flexibility index (Phi) is 4.61. The average Bonchev–Trinajstić information content (AvgIpc) is 2.94. The second-order valence-corrected chi connectivity index (χ2v) is 4.15. The minimum absolute atomic E-state index is 0.217. The number of phenols is 1. The van der Waals surface area contributed by atoms with E-state index < -0.39 is 0 Å². The van der Waals surface area contributed by atoms with Gasteiger partial charge in [-0.2, -0.15) is 0 Å². The molecule has 1 heterocycles. The van der Waals surface area contributed by atoms with Gasteiger partial charge in [0.15, 0.2) is 11.5 Å². The molecular formula is C15H17NO3. The summed E-state index contributed by atoms with van der Waals surface area (Å²) in [6.07, 6.45) is 3.62. The Morgan fingerprint density at radius 1 is 1.26 bits per heavy atom. The molecule has 0 atom stereocenters. The highest BCUT2D eigenvalue weighted by Gasteiger charge is 2.10. The molecule has 2 rings (SSSR count). The lowest BCUT2D eigenvalue weighted by atomic mass is 10.1.